The zero-order valence-electron chi connectivity index (χ0n) is 14.9. The molecule has 0 bridgehead atoms. The molecule has 1 amide bonds. The molecule has 0 aliphatic rings. The first-order valence-corrected chi connectivity index (χ1v) is 8.22. The topological polar surface area (TPSA) is 110 Å². The summed E-state index contributed by atoms with van der Waals surface area (Å²) in [5.41, 5.74) is 2.90. The third kappa shape index (κ3) is 5.37. The Morgan fingerprint density at radius 1 is 1.36 bits per heavy atom. The number of hydrogen-bond acceptors (Lipinski definition) is 6. The van der Waals surface area contributed by atoms with E-state index in [-0.39, 0.29) is 13.0 Å². The number of aromatic amines is 1. The number of rotatable bonds is 7. The Hall–Kier alpha value is -2.77. The second-order valence-corrected chi connectivity index (χ2v) is 6.09. The van der Waals surface area contributed by atoms with Crippen molar-refractivity contribution in [1.29, 1.82) is 0 Å². The number of H-pyrrole nitrogens is 1. The molecule has 0 aliphatic heterocycles. The van der Waals surface area contributed by atoms with E-state index >= 15 is 0 Å². The minimum atomic E-state index is -0.567. The van der Waals surface area contributed by atoms with Crippen LogP contribution in [0, 0.1) is 12.8 Å². The van der Waals surface area contributed by atoms with Gasteiger partial charge >= 0.3 is 5.97 Å². The third-order valence-electron chi connectivity index (χ3n) is 3.33. The molecule has 0 aromatic carbocycles. The van der Waals surface area contributed by atoms with Crippen molar-refractivity contribution in [3.8, 4) is 11.4 Å². The van der Waals surface area contributed by atoms with Crippen LogP contribution in [0.2, 0.25) is 0 Å². The van der Waals surface area contributed by atoms with Gasteiger partial charge < -0.3 is 10.1 Å². The van der Waals surface area contributed by atoms with E-state index in [1.807, 2.05) is 6.92 Å². The van der Waals surface area contributed by atoms with Crippen LogP contribution < -0.4 is 5.32 Å². The van der Waals surface area contributed by atoms with Crippen molar-refractivity contribution in [3.63, 3.8) is 0 Å². The van der Waals surface area contributed by atoms with Crippen LogP contribution in [-0.4, -0.2) is 38.6 Å². The minimum Gasteiger partial charge on any atom is -0.466 e. The fraction of sp³-hybridized carbons (Fsp3) is 0.471. The summed E-state index contributed by atoms with van der Waals surface area (Å²) in [5, 5.41) is 9.49. The fourth-order valence-corrected chi connectivity index (χ4v) is 2.29. The molecule has 0 saturated carbocycles. The highest BCUT2D eigenvalue weighted by atomic mass is 16.5. The predicted molar refractivity (Wildman–Crippen MR) is 92.8 cm³/mol. The fourth-order valence-electron chi connectivity index (χ4n) is 2.29. The summed E-state index contributed by atoms with van der Waals surface area (Å²) < 4.78 is 4.74. The number of ether oxygens (including phenoxy) is 1. The van der Waals surface area contributed by atoms with Gasteiger partial charge in [-0.25, -0.2) is 4.98 Å². The van der Waals surface area contributed by atoms with Crippen molar-refractivity contribution in [3.05, 3.63) is 23.7 Å². The first-order valence-electron chi connectivity index (χ1n) is 8.22. The Morgan fingerprint density at radius 2 is 2.12 bits per heavy atom. The molecule has 2 aromatic heterocycles. The molecule has 25 heavy (non-hydrogen) atoms. The average Bonchev–Trinajstić information content (AvgIpc) is 2.96. The van der Waals surface area contributed by atoms with E-state index in [2.05, 4.69) is 39.3 Å². The van der Waals surface area contributed by atoms with Crippen molar-refractivity contribution in [1.82, 2.24) is 20.2 Å². The van der Waals surface area contributed by atoms with Crippen molar-refractivity contribution >= 4 is 17.7 Å². The number of hydrogen-bond donors (Lipinski definition) is 2. The molecule has 0 radical (unpaired) electrons. The highest BCUT2D eigenvalue weighted by molar-refractivity contribution is 6.01. The lowest BCUT2D eigenvalue weighted by molar-refractivity contribution is -0.145. The van der Waals surface area contributed by atoms with Gasteiger partial charge in [0.15, 0.2) is 0 Å². The van der Waals surface area contributed by atoms with Crippen LogP contribution in [0.3, 0.4) is 0 Å². The normalized spacial score (nSPS) is 10.8. The molecule has 0 fully saturated rings. The van der Waals surface area contributed by atoms with Gasteiger partial charge in [-0.05, 0) is 26.2 Å². The van der Waals surface area contributed by atoms with Crippen LogP contribution in [-0.2, 0) is 20.7 Å². The van der Waals surface area contributed by atoms with E-state index in [1.54, 1.807) is 19.2 Å². The summed E-state index contributed by atoms with van der Waals surface area (Å²) in [4.78, 5) is 32.1. The van der Waals surface area contributed by atoms with E-state index < -0.39 is 11.9 Å². The highest BCUT2D eigenvalue weighted by Crippen LogP contribution is 2.21. The van der Waals surface area contributed by atoms with Crippen LogP contribution in [0.15, 0.2) is 12.3 Å². The maximum absolute atomic E-state index is 11.8. The lowest BCUT2D eigenvalue weighted by Gasteiger charge is -2.07. The van der Waals surface area contributed by atoms with Gasteiger partial charge in [-0.1, -0.05) is 13.8 Å². The highest BCUT2D eigenvalue weighted by Gasteiger charge is 2.14. The van der Waals surface area contributed by atoms with E-state index in [0.29, 0.717) is 23.1 Å². The maximum atomic E-state index is 11.8. The molecule has 2 aromatic rings. The lowest BCUT2D eigenvalue weighted by Crippen LogP contribution is -2.18. The summed E-state index contributed by atoms with van der Waals surface area (Å²) >= 11 is 0. The van der Waals surface area contributed by atoms with Crippen LogP contribution in [0.4, 0.5) is 5.82 Å². The molecule has 2 N–H and O–H groups in total. The van der Waals surface area contributed by atoms with Gasteiger partial charge in [0.25, 0.3) is 0 Å². The summed E-state index contributed by atoms with van der Waals surface area (Å²) in [6.07, 6.45) is 2.26. The number of carbonyl (C=O) groups is 2. The molecule has 0 spiro atoms. The lowest BCUT2D eigenvalue weighted by atomic mass is 10.1. The molecule has 2 rings (SSSR count). The first kappa shape index (κ1) is 18.6. The number of esters is 1. The smallest absolute Gasteiger partial charge is 0.315 e. The molecule has 8 heteroatoms. The number of nitrogens with one attached hydrogen (secondary N) is 2. The van der Waals surface area contributed by atoms with Crippen molar-refractivity contribution in [2.45, 2.75) is 40.5 Å². The van der Waals surface area contributed by atoms with Gasteiger partial charge in [0.1, 0.15) is 23.6 Å². The van der Waals surface area contributed by atoms with Gasteiger partial charge in [0.05, 0.1) is 18.0 Å². The molecule has 0 saturated heterocycles. The van der Waals surface area contributed by atoms with E-state index in [9.17, 15) is 9.59 Å². The van der Waals surface area contributed by atoms with Crippen LogP contribution in [0.5, 0.6) is 0 Å². The summed E-state index contributed by atoms with van der Waals surface area (Å²) in [7, 11) is 0. The van der Waals surface area contributed by atoms with Crippen LogP contribution >= 0.6 is 0 Å². The number of aromatic nitrogens is 4. The molecular formula is C17H23N5O3. The number of nitrogens with zero attached hydrogens (tertiary/aromatic N) is 3. The summed E-state index contributed by atoms with van der Waals surface area (Å²) in [6.45, 7) is 8.02. The van der Waals surface area contributed by atoms with E-state index in [0.717, 1.165) is 17.8 Å². The Kier molecular flexibility index (Phi) is 6.21. The van der Waals surface area contributed by atoms with Gasteiger partial charge in [-0.15, -0.1) is 0 Å². The zero-order chi connectivity index (χ0) is 18.4. The Balaban J connectivity index is 2.10. The van der Waals surface area contributed by atoms with Crippen molar-refractivity contribution in [2.75, 3.05) is 11.9 Å². The van der Waals surface area contributed by atoms with Gasteiger partial charge in [0, 0.05) is 12.3 Å². The average molecular weight is 345 g/mol. The Morgan fingerprint density at radius 3 is 2.80 bits per heavy atom. The second-order valence-electron chi connectivity index (χ2n) is 6.09. The number of carbonyl (C=O) groups excluding carboxylic acids is 2. The molecule has 0 aliphatic carbocycles. The van der Waals surface area contributed by atoms with Crippen molar-refractivity contribution < 1.29 is 14.3 Å². The first-order chi connectivity index (χ1) is 11.9. The van der Waals surface area contributed by atoms with Crippen molar-refractivity contribution in [2.24, 2.45) is 5.92 Å². The minimum absolute atomic E-state index is 0.241. The molecule has 2 heterocycles. The monoisotopic (exact) mass is 345 g/mol. The van der Waals surface area contributed by atoms with Crippen LogP contribution in [0.1, 0.15) is 38.6 Å². The van der Waals surface area contributed by atoms with E-state index in [1.165, 1.54) is 0 Å². The molecular weight excluding hydrogens is 322 g/mol. The standard InChI is InChI=1S/C17H23N5O3/c1-5-25-16(24)8-15(23)20-14-7-13(21-22-14)17-11(4)18-9-12(19-17)6-10(2)3/h7,9-10H,5-6,8H2,1-4H3,(H2,20,21,22,23). The second kappa shape index (κ2) is 8.36. The van der Waals surface area contributed by atoms with E-state index in [4.69, 9.17) is 4.74 Å². The number of anilines is 1. The SMILES string of the molecule is CCOC(=O)CC(=O)Nc1cc(-c2nc(CC(C)C)cnc2C)n[nH]1. The molecule has 0 atom stereocenters. The van der Waals surface area contributed by atoms with Gasteiger partial charge in [0.2, 0.25) is 5.91 Å². The molecule has 134 valence electrons. The largest absolute Gasteiger partial charge is 0.466 e. The summed E-state index contributed by atoms with van der Waals surface area (Å²) in [5.74, 6) is -0.172. The number of aryl methyl sites for hydroxylation is 1. The maximum Gasteiger partial charge on any atom is 0.315 e. The number of amides is 1. The van der Waals surface area contributed by atoms with Crippen LogP contribution in [0.25, 0.3) is 11.4 Å². The Labute approximate surface area is 146 Å². The summed E-state index contributed by atoms with van der Waals surface area (Å²) in [6, 6.07) is 1.67. The quantitative estimate of drug-likeness (QED) is 0.588. The van der Waals surface area contributed by atoms with Gasteiger partial charge in [-0.3, -0.25) is 19.7 Å². The predicted octanol–water partition coefficient (Wildman–Crippen LogP) is 2.27. The zero-order valence-corrected chi connectivity index (χ0v) is 14.9. The van der Waals surface area contributed by atoms with Gasteiger partial charge in [-0.2, -0.15) is 5.10 Å². The molecule has 0 unspecified atom stereocenters. The Bertz CT molecular complexity index is 754. The molecule has 8 nitrogen and oxygen atoms in total. The third-order valence-corrected chi connectivity index (χ3v) is 3.33.